The quantitative estimate of drug-likeness (QED) is 0.219. The zero-order valence-electron chi connectivity index (χ0n) is 34.1. The Bertz CT molecular complexity index is 2450. The van der Waals surface area contributed by atoms with Crippen molar-refractivity contribution in [1.29, 1.82) is 0 Å². The van der Waals surface area contributed by atoms with Crippen molar-refractivity contribution in [2.45, 2.75) is 94.1 Å². The maximum absolute atomic E-state index is 6.61. The lowest BCUT2D eigenvalue weighted by Gasteiger charge is -2.44. The second kappa shape index (κ2) is 15.1. The number of nitrogens with one attached hydrogen (secondary N) is 4. The highest BCUT2D eigenvalue weighted by molar-refractivity contribution is 5.99. The molecule has 4 aliphatic heterocycles. The standard InChI is InChI=1S/C53H54N6O/c1-3-14-34(15-4-1)50-56-51(58-52(57-50)37-18-13-19-38(32-37)59-44-24-11-8-20-39(44)40-21-9-12-25-45(40)59)35-28-26-33(27-29-35)48-42-30-31-46-49(47(42)41-22-7-10-23-43(41)54-48)55-53(60-46)36-16-5-2-6-17-36/h1-3,5,7-11,13-14,16,18-22,24,26-29,31-32,39-40,42-45,48,50,52-55,57H,4,6,12,15,17,23,25,30H2,(H,56,58). The van der Waals surface area contributed by atoms with Gasteiger partial charge >= 0.3 is 0 Å². The molecule has 2 aromatic rings. The zero-order valence-corrected chi connectivity index (χ0v) is 34.1. The number of nitrogens with zero attached hydrogens (tertiary/aromatic N) is 2. The molecule has 4 heterocycles. The fourth-order valence-electron chi connectivity index (χ4n) is 11.7. The van der Waals surface area contributed by atoms with Crippen molar-refractivity contribution in [2.24, 2.45) is 22.7 Å². The number of rotatable bonds is 6. The van der Waals surface area contributed by atoms with E-state index >= 15 is 0 Å². The Kier molecular flexibility index (Phi) is 9.14. The minimum absolute atomic E-state index is 0.0152. The third kappa shape index (κ3) is 6.28. The Morgan fingerprint density at radius 3 is 2.43 bits per heavy atom. The first-order valence-electron chi connectivity index (χ1n) is 22.6. The van der Waals surface area contributed by atoms with E-state index in [9.17, 15) is 0 Å². The molecular formula is C53H54N6O. The second-order valence-corrected chi connectivity index (χ2v) is 18.0. The van der Waals surface area contributed by atoms with Crippen LogP contribution in [0.4, 0.5) is 5.69 Å². The van der Waals surface area contributed by atoms with Gasteiger partial charge in [-0.05, 0) is 103 Å². The van der Waals surface area contributed by atoms with Gasteiger partial charge < -0.3 is 25.6 Å². The number of fused-ring (bicyclic) bond motifs is 7. The van der Waals surface area contributed by atoms with Gasteiger partial charge in [-0.25, -0.2) is 4.99 Å². The van der Waals surface area contributed by atoms with E-state index in [1.165, 1.54) is 51.2 Å². The third-order valence-electron chi connectivity index (χ3n) is 14.6. The van der Waals surface area contributed by atoms with Crippen molar-refractivity contribution in [2.75, 3.05) is 4.90 Å². The highest BCUT2D eigenvalue weighted by Crippen LogP contribution is 2.49. The highest BCUT2D eigenvalue weighted by Gasteiger charge is 2.47. The molecule has 3 saturated heterocycles. The number of ether oxygens (including phenoxy) is 1. The summed E-state index contributed by atoms with van der Waals surface area (Å²) in [6, 6.07) is 19.8. The van der Waals surface area contributed by atoms with Gasteiger partial charge in [0.25, 0.3) is 0 Å². The molecule has 0 aromatic heterocycles. The first-order chi connectivity index (χ1) is 29.7. The molecule has 12 rings (SSSR count). The van der Waals surface area contributed by atoms with E-state index in [-0.39, 0.29) is 30.6 Å². The van der Waals surface area contributed by atoms with Gasteiger partial charge in [0.2, 0.25) is 0 Å². The van der Waals surface area contributed by atoms with Crippen LogP contribution in [0.5, 0.6) is 0 Å². The van der Waals surface area contributed by atoms with Crippen LogP contribution < -0.4 is 26.2 Å². The largest absolute Gasteiger partial charge is 0.465 e. The molecule has 6 aliphatic carbocycles. The van der Waals surface area contributed by atoms with E-state index in [4.69, 9.17) is 9.73 Å². The topological polar surface area (TPSA) is 72.9 Å². The van der Waals surface area contributed by atoms with Crippen LogP contribution in [0, 0.1) is 17.8 Å². The Balaban J connectivity index is 0.857. The SMILES string of the molecule is C1=CCCC(C2NC(c3ccc(C4NC5CC=CC=C5C5=C6NC(C7=CC=CCC7)OC6=CCC54)cc3)=NC(c3cccc(N4C5C=CC=CC5C5C=CCCC54)c3)N2)=C1. The molecule has 60 heavy (non-hydrogen) atoms. The van der Waals surface area contributed by atoms with E-state index in [0.29, 0.717) is 29.8 Å². The zero-order chi connectivity index (χ0) is 39.6. The van der Waals surface area contributed by atoms with Gasteiger partial charge in [0.1, 0.15) is 23.9 Å². The van der Waals surface area contributed by atoms with E-state index in [1.807, 2.05) is 0 Å². The molecule has 0 radical (unpaired) electrons. The summed E-state index contributed by atoms with van der Waals surface area (Å²) in [6.45, 7) is 0. The fourth-order valence-corrected chi connectivity index (χ4v) is 11.7. The number of benzene rings is 2. The summed E-state index contributed by atoms with van der Waals surface area (Å²) in [7, 11) is 0. The maximum Gasteiger partial charge on any atom is 0.192 e. The molecule has 0 amide bonds. The van der Waals surface area contributed by atoms with Crippen LogP contribution in [0.3, 0.4) is 0 Å². The van der Waals surface area contributed by atoms with E-state index in [2.05, 4.69) is 172 Å². The van der Waals surface area contributed by atoms with Crippen LogP contribution in [0.1, 0.15) is 80.3 Å². The lowest BCUT2D eigenvalue weighted by atomic mass is 9.71. The van der Waals surface area contributed by atoms with Gasteiger partial charge in [0.15, 0.2) is 6.23 Å². The maximum atomic E-state index is 6.61. The van der Waals surface area contributed by atoms with Crippen molar-refractivity contribution >= 4 is 11.5 Å². The fraction of sp³-hybridized carbons (Fsp3) is 0.340. The summed E-state index contributed by atoms with van der Waals surface area (Å²) in [6.07, 6.45) is 44.9. The molecule has 7 nitrogen and oxygen atoms in total. The number of piperidine rings is 1. The monoisotopic (exact) mass is 790 g/mol. The van der Waals surface area contributed by atoms with E-state index in [1.54, 1.807) is 0 Å². The van der Waals surface area contributed by atoms with Crippen molar-refractivity contribution in [3.63, 3.8) is 0 Å². The van der Waals surface area contributed by atoms with Crippen molar-refractivity contribution in [3.8, 4) is 0 Å². The molecule has 0 spiro atoms. The predicted molar refractivity (Wildman–Crippen MR) is 242 cm³/mol. The van der Waals surface area contributed by atoms with Gasteiger partial charge in [-0.3, -0.25) is 5.32 Å². The highest BCUT2D eigenvalue weighted by atomic mass is 16.5. The van der Waals surface area contributed by atoms with Crippen LogP contribution in [0.2, 0.25) is 0 Å². The molecule has 10 unspecified atom stereocenters. The summed E-state index contributed by atoms with van der Waals surface area (Å²) in [5.41, 5.74) is 11.6. The number of allylic oxidation sites excluding steroid dienone is 12. The van der Waals surface area contributed by atoms with Crippen LogP contribution in [0.25, 0.3) is 0 Å². The van der Waals surface area contributed by atoms with Crippen molar-refractivity contribution in [1.82, 2.24) is 21.3 Å². The Morgan fingerprint density at radius 2 is 1.57 bits per heavy atom. The summed E-state index contributed by atoms with van der Waals surface area (Å²) in [5.74, 6) is 3.32. The Labute approximate surface area is 354 Å². The van der Waals surface area contributed by atoms with Crippen LogP contribution >= 0.6 is 0 Å². The van der Waals surface area contributed by atoms with Gasteiger partial charge in [0.05, 0.1) is 11.7 Å². The summed E-state index contributed by atoms with van der Waals surface area (Å²) < 4.78 is 6.61. The van der Waals surface area contributed by atoms with E-state index in [0.717, 1.165) is 62.1 Å². The lowest BCUT2D eigenvalue weighted by molar-refractivity contribution is 0.172. The van der Waals surface area contributed by atoms with Crippen molar-refractivity contribution < 1.29 is 4.74 Å². The number of hydrogen-bond donors (Lipinski definition) is 4. The molecule has 2 aromatic carbocycles. The molecule has 10 atom stereocenters. The molecule has 302 valence electrons. The first kappa shape index (κ1) is 36.2. The average Bonchev–Trinajstić information content (AvgIpc) is 3.92. The summed E-state index contributed by atoms with van der Waals surface area (Å²) in [5, 5.41) is 15.7. The number of aliphatic imine (C=N–C) groups is 1. The molecule has 3 fully saturated rings. The molecule has 0 bridgehead atoms. The van der Waals surface area contributed by atoms with Crippen LogP contribution in [-0.2, 0) is 4.74 Å². The second-order valence-electron chi connectivity index (χ2n) is 18.0. The smallest absolute Gasteiger partial charge is 0.192 e. The number of hydrogen-bond acceptors (Lipinski definition) is 7. The van der Waals surface area contributed by atoms with Crippen LogP contribution in [0.15, 0.2) is 184 Å². The normalized spacial score (nSPS) is 34.4. The minimum Gasteiger partial charge on any atom is -0.465 e. The van der Waals surface area contributed by atoms with Gasteiger partial charge in [0, 0.05) is 47.1 Å². The van der Waals surface area contributed by atoms with Gasteiger partial charge in [-0.15, -0.1) is 0 Å². The summed E-state index contributed by atoms with van der Waals surface area (Å²) in [4.78, 5) is 8.17. The number of amidine groups is 1. The van der Waals surface area contributed by atoms with Gasteiger partial charge in [-0.2, -0.15) is 0 Å². The first-order valence-corrected chi connectivity index (χ1v) is 22.6. The molecule has 7 heteroatoms. The molecule has 0 saturated carbocycles. The summed E-state index contributed by atoms with van der Waals surface area (Å²) >= 11 is 0. The third-order valence-corrected chi connectivity index (χ3v) is 14.6. The molecule has 10 aliphatic rings. The predicted octanol–water partition coefficient (Wildman–Crippen LogP) is 9.47. The molecule has 4 N–H and O–H groups in total. The Morgan fingerprint density at radius 1 is 0.717 bits per heavy atom. The number of anilines is 1. The molecular weight excluding hydrogens is 737 g/mol. The Hall–Kier alpha value is -5.63. The lowest BCUT2D eigenvalue weighted by Crippen LogP contribution is -2.52. The van der Waals surface area contributed by atoms with Crippen molar-refractivity contribution in [3.05, 3.63) is 196 Å². The van der Waals surface area contributed by atoms with E-state index < -0.39 is 0 Å². The minimum atomic E-state index is -0.188. The van der Waals surface area contributed by atoms with Crippen LogP contribution in [-0.4, -0.2) is 36.4 Å². The average molecular weight is 791 g/mol. The van der Waals surface area contributed by atoms with Gasteiger partial charge in [-0.1, -0.05) is 128 Å².